The molecule has 4 rings (SSSR count). The van der Waals surface area contributed by atoms with Crippen LogP contribution in [0.5, 0.6) is 0 Å². The van der Waals surface area contributed by atoms with Gasteiger partial charge in [0.15, 0.2) is 0 Å². The lowest BCUT2D eigenvalue weighted by molar-refractivity contribution is -0.384. The van der Waals surface area contributed by atoms with E-state index in [-0.39, 0.29) is 28.8 Å². The summed E-state index contributed by atoms with van der Waals surface area (Å²) in [7, 11) is -3.72. The van der Waals surface area contributed by atoms with Crippen molar-refractivity contribution >= 4 is 21.4 Å². The van der Waals surface area contributed by atoms with Gasteiger partial charge in [0.25, 0.3) is 5.69 Å². The van der Waals surface area contributed by atoms with Gasteiger partial charge in [0.2, 0.25) is 10.0 Å². The SMILES string of the molecule is O=[N+]([O-])c1cc(S(=O)(=O)N2CCCCC2)ccc1N1C2CCC1CC(O)C2. The summed E-state index contributed by atoms with van der Waals surface area (Å²) in [5.74, 6) is 0. The van der Waals surface area contributed by atoms with E-state index in [1.54, 1.807) is 6.07 Å². The maximum absolute atomic E-state index is 12.9. The maximum atomic E-state index is 12.9. The molecule has 3 fully saturated rings. The third-order valence-corrected chi connectivity index (χ3v) is 7.98. The Balaban J connectivity index is 1.70. The van der Waals surface area contributed by atoms with E-state index in [2.05, 4.69) is 0 Å². The molecule has 0 amide bonds. The Kier molecular flexibility index (Phi) is 4.85. The van der Waals surface area contributed by atoms with E-state index in [1.807, 2.05) is 4.90 Å². The molecule has 3 heterocycles. The molecule has 3 saturated heterocycles. The van der Waals surface area contributed by atoms with Crippen LogP contribution in [-0.2, 0) is 10.0 Å². The second-order valence-corrected chi connectivity index (χ2v) is 9.73. The third-order valence-electron chi connectivity index (χ3n) is 6.08. The van der Waals surface area contributed by atoms with Crippen molar-refractivity contribution < 1.29 is 18.4 Å². The Morgan fingerprint density at radius 1 is 1.07 bits per heavy atom. The lowest BCUT2D eigenvalue weighted by Crippen LogP contribution is -2.45. The molecule has 3 aliphatic heterocycles. The molecule has 0 saturated carbocycles. The summed E-state index contributed by atoms with van der Waals surface area (Å²) in [6.45, 7) is 0.929. The first-order chi connectivity index (χ1) is 12.9. The van der Waals surface area contributed by atoms with E-state index in [9.17, 15) is 23.6 Å². The molecule has 0 radical (unpaired) electrons. The van der Waals surface area contributed by atoms with Crippen LogP contribution in [0.3, 0.4) is 0 Å². The second-order valence-electron chi connectivity index (χ2n) is 7.79. The van der Waals surface area contributed by atoms with E-state index < -0.39 is 14.9 Å². The van der Waals surface area contributed by atoms with Gasteiger partial charge in [-0.25, -0.2) is 8.42 Å². The Labute approximate surface area is 159 Å². The standard InChI is InChI=1S/C18H25N3O5S/c22-15-10-13-4-5-14(11-15)20(13)17-7-6-16(12-18(17)21(23)24)27(25,26)19-8-2-1-3-9-19/h6-7,12-15,22H,1-5,8-11H2. The Bertz CT molecular complexity index is 823. The minimum atomic E-state index is -3.72. The van der Waals surface area contributed by atoms with Crippen molar-refractivity contribution in [2.45, 2.75) is 68.0 Å². The molecule has 1 aromatic carbocycles. The Morgan fingerprint density at radius 2 is 1.70 bits per heavy atom. The molecule has 27 heavy (non-hydrogen) atoms. The number of aliphatic hydroxyl groups is 1. The molecule has 2 unspecified atom stereocenters. The topological polar surface area (TPSA) is 104 Å². The van der Waals surface area contributed by atoms with Gasteiger partial charge in [0.1, 0.15) is 5.69 Å². The molecular formula is C18H25N3O5S. The van der Waals surface area contributed by atoms with Gasteiger partial charge in [-0.05, 0) is 50.7 Å². The van der Waals surface area contributed by atoms with Gasteiger partial charge < -0.3 is 10.0 Å². The molecule has 3 aliphatic rings. The highest BCUT2D eigenvalue weighted by Crippen LogP contribution is 2.43. The highest BCUT2D eigenvalue weighted by molar-refractivity contribution is 7.89. The van der Waals surface area contributed by atoms with E-state index in [4.69, 9.17) is 0 Å². The minimum absolute atomic E-state index is 0.00996. The number of anilines is 1. The molecular weight excluding hydrogens is 370 g/mol. The van der Waals surface area contributed by atoms with Gasteiger partial charge in [0, 0.05) is 31.2 Å². The van der Waals surface area contributed by atoms with Crippen LogP contribution in [0.15, 0.2) is 23.1 Å². The summed E-state index contributed by atoms with van der Waals surface area (Å²) in [5.41, 5.74) is 0.304. The van der Waals surface area contributed by atoms with Crippen molar-refractivity contribution in [2.75, 3.05) is 18.0 Å². The predicted molar refractivity (Wildman–Crippen MR) is 100 cm³/mol. The Hall–Kier alpha value is -1.71. The number of rotatable bonds is 4. The fourth-order valence-electron chi connectivity index (χ4n) is 4.82. The summed E-state index contributed by atoms with van der Waals surface area (Å²) in [5, 5.41) is 21.7. The van der Waals surface area contributed by atoms with Crippen molar-refractivity contribution in [3.8, 4) is 0 Å². The van der Waals surface area contributed by atoms with Gasteiger partial charge >= 0.3 is 0 Å². The number of benzene rings is 1. The number of aliphatic hydroxyl groups excluding tert-OH is 1. The van der Waals surface area contributed by atoms with Crippen LogP contribution in [0.25, 0.3) is 0 Å². The summed E-state index contributed by atoms with van der Waals surface area (Å²) >= 11 is 0. The smallest absolute Gasteiger partial charge is 0.293 e. The van der Waals surface area contributed by atoms with Crippen molar-refractivity contribution in [3.63, 3.8) is 0 Å². The summed E-state index contributed by atoms with van der Waals surface area (Å²) in [6, 6.07) is 4.43. The minimum Gasteiger partial charge on any atom is -0.393 e. The molecule has 1 N–H and O–H groups in total. The summed E-state index contributed by atoms with van der Waals surface area (Å²) < 4.78 is 27.2. The fourth-order valence-corrected chi connectivity index (χ4v) is 6.36. The van der Waals surface area contributed by atoms with Gasteiger partial charge in [-0.3, -0.25) is 10.1 Å². The molecule has 2 atom stereocenters. The van der Waals surface area contributed by atoms with Crippen LogP contribution in [0, 0.1) is 10.1 Å². The van der Waals surface area contributed by atoms with Gasteiger partial charge in [-0.15, -0.1) is 0 Å². The van der Waals surface area contributed by atoms with Gasteiger partial charge in [-0.2, -0.15) is 4.31 Å². The first-order valence-electron chi connectivity index (χ1n) is 9.63. The molecule has 1 aromatic rings. The highest BCUT2D eigenvalue weighted by Gasteiger charge is 2.42. The number of nitro groups is 1. The average molecular weight is 395 g/mol. The molecule has 9 heteroatoms. The van der Waals surface area contributed by atoms with Crippen LogP contribution in [-0.4, -0.2) is 54.0 Å². The van der Waals surface area contributed by atoms with Crippen LogP contribution in [0.1, 0.15) is 44.9 Å². The first kappa shape index (κ1) is 18.6. The number of hydrogen-bond acceptors (Lipinski definition) is 6. The number of sulfonamides is 1. The van der Waals surface area contributed by atoms with Crippen molar-refractivity contribution in [2.24, 2.45) is 0 Å². The average Bonchev–Trinajstić information content (AvgIpc) is 2.92. The van der Waals surface area contributed by atoms with E-state index >= 15 is 0 Å². The third kappa shape index (κ3) is 3.32. The number of nitro benzene ring substituents is 1. The number of nitrogens with zero attached hydrogens (tertiary/aromatic N) is 3. The molecule has 0 spiro atoms. The molecule has 148 valence electrons. The molecule has 8 nitrogen and oxygen atoms in total. The maximum Gasteiger partial charge on any atom is 0.293 e. The monoisotopic (exact) mass is 395 g/mol. The van der Waals surface area contributed by atoms with Crippen molar-refractivity contribution in [1.82, 2.24) is 4.31 Å². The Morgan fingerprint density at radius 3 is 2.30 bits per heavy atom. The number of hydrogen-bond donors (Lipinski definition) is 1. The number of piperidine rings is 2. The largest absolute Gasteiger partial charge is 0.393 e. The summed E-state index contributed by atoms with van der Waals surface area (Å²) in [6.07, 6.45) is 5.27. The molecule has 2 bridgehead atoms. The second kappa shape index (κ2) is 7.03. The van der Waals surface area contributed by atoms with Crippen LogP contribution >= 0.6 is 0 Å². The van der Waals surface area contributed by atoms with E-state index in [0.717, 1.165) is 32.1 Å². The van der Waals surface area contributed by atoms with Crippen molar-refractivity contribution in [3.05, 3.63) is 28.3 Å². The van der Waals surface area contributed by atoms with Crippen molar-refractivity contribution in [1.29, 1.82) is 0 Å². The van der Waals surface area contributed by atoms with E-state index in [0.29, 0.717) is 31.6 Å². The van der Waals surface area contributed by atoms with Crippen LogP contribution in [0.4, 0.5) is 11.4 Å². The zero-order chi connectivity index (χ0) is 19.2. The normalized spacial score (nSPS) is 29.1. The first-order valence-corrected chi connectivity index (χ1v) is 11.1. The molecule has 0 aromatic heterocycles. The molecule has 0 aliphatic carbocycles. The fraction of sp³-hybridized carbons (Fsp3) is 0.667. The zero-order valence-electron chi connectivity index (χ0n) is 15.2. The lowest BCUT2D eigenvalue weighted by atomic mass is 9.98. The van der Waals surface area contributed by atoms with Crippen LogP contribution in [0.2, 0.25) is 0 Å². The van der Waals surface area contributed by atoms with Gasteiger partial charge in [0.05, 0.1) is 15.9 Å². The predicted octanol–water partition coefficient (Wildman–Crippen LogP) is 2.26. The zero-order valence-corrected chi connectivity index (χ0v) is 16.0. The van der Waals surface area contributed by atoms with Gasteiger partial charge in [-0.1, -0.05) is 6.42 Å². The number of fused-ring (bicyclic) bond motifs is 2. The van der Waals surface area contributed by atoms with Crippen LogP contribution < -0.4 is 4.90 Å². The summed E-state index contributed by atoms with van der Waals surface area (Å²) in [4.78, 5) is 13.3. The van der Waals surface area contributed by atoms with E-state index in [1.165, 1.54) is 16.4 Å². The highest BCUT2D eigenvalue weighted by atomic mass is 32.2. The lowest BCUT2D eigenvalue weighted by Gasteiger charge is -2.38. The quantitative estimate of drug-likeness (QED) is 0.619.